The fourth-order valence-electron chi connectivity index (χ4n) is 2.85. The molecule has 1 N–H and O–H groups in total. The average Bonchev–Trinajstić information content (AvgIpc) is 3.14. The van der Waals surface area contributed by atoms with Gasteiger partial charge in [-0.3, -0.25) is 9.36 Å². The molecule has 0 spiro atoms. The zero-order valence-electron chi connectivity index (χ0n) is 13.9. The minimum atomic E-state index is -3.18. The number of piperidine rings is 1. The Morgan fingerprint density at radius 3 is 2.84 bits per heavy atom. The van der Waals surface area contributed by atoms with E-state index < -0.39 is 10.0 Å². The van der Waals surface area contributed by atoms with Gasteiger partial charge in [-0.2, -0.15) is 0 Å². The van der Waals surface area contributed by atoms with Gasteiger partial charge in [0.25, 0.3) is 5.91 Å². The highest BCUT2D eigenvalue weighted by atomic mass is 32.2. The maximum atomic E-state index is 12.4. The Kier molecular flexibility index (Phi) is 5.09. The molecule has 1 amide bonds. The average molecular weight is 364 g/mol. The number of hydrogen-bond acceptors (Lipinski definition) is 6. The van der Waals surface area contributed by atoms with E-state index in [0.29, 0.717) is 31.0 Å². The molecule has 3 heterocycles. The van der Waals surface area contributed by atoms with Crippen molar-refractivity contribution in [3.8, 4) is 5.82 Å². The van der Waals surface area contributed by atoms with Crippen molar-refractivity contribution in [3.05, 3.63) is 36.5 Å². The van der Waals surface area contributed by atoms with Crippen LogP contribution in [-0.2, 0) is 10.0 Å². The van der Waals surface area contributed by atoms with Crippen molar-refractivity contribution in [1.29, 1.82) is 0 Å². The minimum Gasteiger partial charge on any atom is -0.352 e. The van der Waals surface area contributed by atoms with Crippen LogP contribution in [0.25, 0.3) is 5.82 Å². The summed E-state index contributed by atoms with van der Waals surface area (Å²) >= 11 is 0. The van der Waals surface area contributed by atoms with E-state index in [4.69, 9.17) is 0 Å². The van der Waals surface area contributed by atoms with Crippen molar-refractivity contribution < 1.29 is 13.2 Å². The molecule has 1 aliphatic heterocycles. The summed E-state index contributed by atoms with van der Waals surface area (Å²) in [5, 5.41) is 10.3. The van der Waals surface area contributed by atoms with E-state index in [1.807, 2.05) is 0 Å². The van der Waals surface area contributed by atoms with Crippen molar-refractivity contribution in [2.45, 2.75) is 12.8 Å². The van der Waals surface area contributed by atoms with Gasteiger partial charge in [0.15, 0.2) is 0 Å². The number of rotatable bonds is 5. The molecule has 0 aliphatic carbocycles. The van der Waals surface area contributed by atoms with E-state index in [1.54, 1.807) is 22.9 Å². The summed E-state index contributed by atoms with van der Waals surface area (Å²) in [6.07, 6.45) is 7.49. The number of carbonyl (C=O) groups excluding carboxylic acids is 1. The molecule has 0 aromatic carbocycles. The molecule has 1 atom stereocenters. The van der Waals surface area contributed by atoms with Gasteiger partial charge >= 0.3 is 0 Å². The molecule has 2 aromatic rings. The first-order chi connectivity index (χ1) is 11.9. The molecule has 0 saturated carbocycles. The largest absolute Gasteiger partial charge is 0.352 e. The molecule has 9 nitrogen and oxygen atoms in total. The molecule has 1 fully saturated rings. The van der Waals surface area contributed by atoms with Gasteiger partial charge in [-0.1, -0.05) is 0 Å². The van der Waals surface area contributed by atoms with Gasteiger partial charge in [0.05, 0.1) is 6.26 Å². The number of nitrogens with one attached hydrogen (secondary N) is 1. The molecular formula is C15H20N6O3S. The second-order valence-electron chi connectivity index (χ2n) is 6.11. The first-order valence-corrected chi connectivity index (χ1v) is 9.82. The van der Waals surface area contributed by atoms with Crippen molar-refractivity contribution >= 4 is 15.9 Å². The standard InChI is InChI=1S/C15H20N6O3S/c1-25(23,24)21-6-2-3-12(9-21)8-17-15(22)13-4-5-16-14(7-13)20-10-18-19-11-20/h4-5,7,10-12H,2-3,6,8-9H2,1H3,(H,17,22). The van der Waals surface area contributed by atoms with E-state index in [9.17, 15) is 13.2 Å². The summed E-state index contributed by atoms with van der Waals surface area (Å²) in [7, 11) is -3.18. The zero-order chi connectivity index (χ0) is 17.9. The number of sulfonamides is 1. The Balaban J connectivity index is 1.60. The van der Waals surface area contributed by atoms with Crippen LogP contribution in [0.1, 0.15) is 23.2 Å². The Morgan fingerprint density at radius 2 is 2.12 bits per heavy atom. The number of nitrogens with zero attached hydrogens (tertiary/aromatic N) is 5. The Hall–Kier alpha value is -2.33. The molecule has 2 aromatic heterocycles. The topological polar surface area (TPSA) is 110 Å². The molecule has 1 unspecified atom stereocenters. The van der Waals surface area contributed by atoms with Crippen molar-refractivity contribution in [2.75, 3.05) is 25.9 Å². The normalized spacial score (nSPS) is 18.8. The predicted molar refractivity (Wildman–Crippen MR) is 90.6 cm³/mol. The molecular weight excluding hydrogens is 344 g/mol. The van der Waals surface area contributed by atoms with Crippen molar-refractivity contribution in [3.63, 3.8) is 0 Å². The maximum Gasteiger partial charge on any atom is 0.251 e. The Morgan fingerprint density at radius 1 is 1.36 bits per heavy atom. The molecule has 1 saturated heterocycles. The van der Waals surface area contributed by atoms with Crippen LogP contribution in [0.3, 0.4) is 0 Å². The lowest BCUT2D eigenvalue weighted by Gasteiger charge is -2.30. The fraction of sp³-hybridized carbons (Fsp3) is 0.467. The van der Waals surface area contributed by atoms with Crippen LogP contribution >= 0.6 is 0 Å². The molecule has 0 bridgehead atoms. The van der Waals surface area contributed by atoms with E-state index in [-0.39, 0.29) is 11.8 Å². The zero-order valence-corrected chi connectivity index (χ0v) is 14.7. The summed E-state index contributed by atoms with van der Waals surface area (Å²) in [6.45, 7) is 1.44. The van der Waals surface area contributed by atoms with Gasteiger partial charge < -0.3 is 5.32 Å². The highest BCUT2D eigenvalue weighted by molar-refractivity contribution is 7.88. The van der Waals surface area contributed by atoms with Gasteiger partial charge in [-0.25, -0.2) is 17.7 Å². The van der Waals surface area contributed by atoms with E-state index in [1.165, 1.54) is 23.2 Å². The molecule has 134 valence electrons. The first-order valence-electron chi connectivity index (χ1n) is 7.98. The van der Waals surface area contributed by atoms with Gasteiger partial charge in [-0.15, -0.1) is 10.2 Å². The van der Waals surface area contributed by atoms with E-state index in [2.05, 4.69) is 20.5 Å². The number of hydrogen-bond donors (Lipinski definition) is 1. The highest BCUT2D eigenvalue weighted by Crippen LogP contribution is 2.18. The van der Waals surface area contributed by atoms with Crippen LogP contribution in [0.5, 0.6) is 0 Å². The fourth-order valence-corrected chi connectivity index (χ4v) is 3.80. The lowest BCUT2D eigenvalue weighted by molar-refractivity contribution is 0.0941. The van der Waals surface area contributed by atoms with Crippen LogP contribution < -0.4 is 5.32 Å². The van der Waals surface area contributed by atoms with Crippen LogP contribution in [0.2, 0.25) is 0 Å². The molecule has 3 rings (SSSR count). The molecule has 1 aliphatic rings. The smallest absolute Gasteiger partial charge is 0.251 e. The summed E-state index contributed by atoms with van der Waals surface area (Å²) in [5.41, 5.74) is 0.481. The Bertz CT molecular complexity index is 837. The SMILES string of the molecule is CS(=O)(=O)N1CCCC(CNC(=O)c2ccnc(-n3cnnc3)c2)C1. The quantitative estimate of drug-likeness (QED) is 0.803. The third-order valence-corrected chi connectivity index (χ3v) is 5.46. The highest BCUT2D eigenvalue weighted by Gasteiger charge is 2.26. The summed E-state index contributed by atoms with van der Waals surface area (Å²) < 4.78 is 26.4. The van der Waals surface area contributed by atoms with E-state index in [0.717, 1.165) is 12.8 Å². The number of pyridine rings is 1. The van der Waals surface area contributed by atoms with Crippen molar-refractivity contribution in [2.24, 2.45) is 5.92 Å². The predicted octanol–water partition coefficient (Wildman–Crippen LogP) is 0.0637. The molecule has 25 heavy (non-hydrogen) atoms. The summed E-state index contributed by atoms with van der Waals surface area (Å²) in [5.74, 6) is 0.457. The van der Waals surface area contributed by atoms with E-state index >= 15 is 0 Å². The van der Waals surface area contributed by atoms with Crippen molar-refractivity contribution in [1.82, 2.24) is 29.4 Å². The molecule has 10 heteroatoms. The van der Waals surface area contributed by atoms with Gasteiger partial charge in [0, 0.05) is 31.4 Å². The van der Waals surface area contributed by atoms with Gasteiger partial charge in [0.2, 0.25) is 10.0 Å². The van der Waals surface area contributed by atoms with Gasteiger partial charge in [0.1, 0.15) is 18.5 Å². The second kappa shape index (κ2) is 7.28. The number of carbonyl (C=O) groups is 1. The summed E-state index contributed by atoms with van der Waals surface area (Å²) in [6, 6.07) is 3.29. The first kappa shape index (κ1) is 17.5. The second-order valence-corrected chi connectivity index (χ2v) is 8.09. The van der Waals surface area contributed by atoms with Crippen LogP contribution in [0, 0.1) is 5.92 Å². The third kappa shape index (κ3) is 4.40. The lowest BCUT2D eigenvalue weighted by Crippen LogP contribution is -2.43. The maximum absolute atomic E-state index is 12.4. The van der Waals surface area contributed by atoms with Crippen LogP contribution in [-0.4, -0.2) is 64.3 Å². The lowest BCUT2D eigenvalue weighted by atomic mass is 9.99. The minimum absolute atomic E-state index is 0.117. The summed E-state index contributed by atoms with van der Waals surface area (Å²) in [4.78, 5) is 16.6. The van der Waals surface area contributed by atoms with Gasteiger partial charge in [-0.05, 0) is 30.9 Å². The monoisotopic (exact) mass is 364 g/mol. The molecule has 0 radical (unpaired) electrons. The number of aromatic nitrogens is 4. The number of amides is 1. The Labute approximate surface area is 146 Å². The van der Waals surface area contributed by atoms with Crippen LogP contribution in [0.15, 0.2) is 31.0 Å². The van der Waals surface area contributed by atoms with Crippen LogP contribution in [0.4, 0.5) is 0 Å². The third-order valence-electron chi connectivity index (χ3n) is 4.19.